The van der Waals surface area contributed by atoms with Gasteiger partial charge in [-0.1, -0.05) is 86.6 Å². The third-order valence-corrected chi connectivity index (χ3v) is 5.17. The zero-order valence-corrected chi connectivity index (χ0v) is 17.3. The first kappa shape index (κ1) is 22.5. The predicted octanol–water partition coefficient (Wildman–Crippen LogP) is 7.28. The maximum absolute atomic E-state index is 2.59. The van der Waals surface area contributed by atoms with Gasteiger partial charge in [0.1, 0.15) is 0 Å². The number of hydrogen-bond acceptors (Lipinski definition) is 1. The minimum atomic E-state index is 0.407. The molecule has 0 spiro atoms. The van der Waals surface area contributed by atoms with E-state index in [4.69, 9.17) is 0 Å². The van der Waals surface area contributed by atoms with Gasteiger partial charge in [0.25, 0.3) is 0 Å². The fraction of sp³-hybridized carbons (Fsp3) is 0.909. The molecule has 23 heavy (non-hydrogen) atoms. The van der Waals surface area contributed by atoms with Gasteiger partial charge < -0.3 is 4.90 Å². The topological polar surface area (TPSA) is 3.24 Å². The van der Waals surface area contributed by atoms with Crippen LogP contribution < -0.4 is 0 Å². The molecule has 0 rings (SSSR count). The summed E-state index contributed by atoms with van der Waals surface area (Å²) in [6.07, 6.45) is 15.5. The van der Waals surface area contributed by atoms with Gasteiger partial charge in [0.2, 0.25) is 0 Å². The van der Waals surface area contributed by atoms with Crippen LogP contribution in [0, 0.1) is 17.3 Å². The Balaban J connectivity index is 4.51. The van der Waals surface area contributed by atoms with Crippen LogP contribution in [0.3, 0.4) is 0 Å². The average molecular weight is 324 g/mol. The van der Waals surface area contributed by atoms with Crippen LogP contribution in [-0.4, -0.2) is 18.0 Å². The Morgan fingerprint density at radius 2 is 1.61 bits per heavy atom. The Bertz CT molecular complexity index is 292. The Labute approximate surface area is 147 Å². The first-order valence-electron chi connectivity index (χ1n) is 10.3. The zero-order chi connectivity index (χ0) is 17.7. The second kappa shape index (κ2) is 12.9. The molecular weight excluding hydrogens is 278 g/mol. The predicted molar refractivity (Wildman–Crippen MR) is 107 cm³/mol. The molecule has 0 heterocycles. The molecule has 0 aromatic rings. The van der Waals surface area contributed by atoms with Crippen LogP contribution in [0.4, 0.5) is 0 Å². The second-order valence-corrected chi connectivity index (χ2v) is 8.49. The molecule has 0 saturated carbocycles. The van der Waals surface area contributed by atoms with E-state index in [0.717, 1.165) is 5.92 Å². The molecule has 1 heteroatoms. The molecule has 0 aliphatic rings. The summed E-state index contributed by atoms with van der Waals surface area (Å²) in [4.78, 5) is 2.59. The van der Waals surface area contributed by atoms with Crippen LogP contribution in [0.2, 0.25) is 0 Å². The Hall–Kier alpha value is -0.460. The van der Waals surface area contributed by atoms with E-state index in [1.54, 1.807) is 0 Å². The van der Waals surface area contributed by atoms with E-state index in [1.165, 1.54) is 64.5 Å². The van der Waals surface area contributed by atoms with Gasteiger partial charge in [-0.05, 0) is 42.7 Å². The summed E-state index contributed by atoms with van der Waals surface area (Å²) >= 11 is 0. The molecule has 0 aromatic heterocycles. The molecular formula is C22H45N. The maximum atomic E-state index is 2.59. The summed E-state index contributed by atoms with van der Waals surface area (Å²) in [5.74, 6) is 1.56. The molecule has 0 fully saturated rings. The lowest BCUT2D eigenvalue weighted by atomic mass is 9.89. The van der Waals surface area contributed by atoms with Crippen LogP contribution >= 0.6 is 0 Å². The summed E-state index contributed by atoms with van der Waals surface area (Å²) in [6.45, 7) is 18.9. The van der Waals surface area contributed by atoms with E-state index in [2.05, 4.69) is 65.6 Å². The minimum Gasteiger partial charge on any atom is -0.377 e. The monoisotopic (exact) mass is 323 g/mol. The minimum absolute atomic E-state index is 0.407. The van der Waals surface area contributed by atoms with Crippen molar-refractivity contribution in [3.05, 3.63) is 12.3 Å². The maximum Gasteiger partial charge on any atom is 0.0223 e. The Morgan fingerprint density at radius 1 is 0.913 bits per heavy atom. The van der Waals surface area contributed by atoms with E-state index in [1.807, 2.05) is 0 Å². The standard InChI is InChI=1S/C22H45N/c1-8-11-12-14-21(5)16-18-23(19-22(6,7)10-3)17-15-20(4)13-9-2/h16,18,20-21H,8-15,17,19H2,1-7H3. The largest absolute Gasteiger partial charge is 0.377 e. The molecule has 0 aliphatic heterocycles. The molecule has 2 atom stereocenters. The molecule has 138 valence electrons. The van der Waals surface area contributed by atoms with Gasteiger partial charge in [0.05, 0.1) is 0 Å². The molecule has 2 unspecified atom stereocenters. The highest BCUT2D eigenvalue weighted by Gasteiger charge is 2.18. The highest BCUT2D eigenvalue weighted by molar-refractivity contribution is 4.89. The average Bonchev–Trinajstić information content (AvgIpc) is 2.50. The fourth-order valence-corrected chi connectivity index (χ4v) is 2.97. The van der Waals surface area contributed by atoms with Crippen LogP contribution in [-0.2, 0) is 0 Å². The SMILES string of the molecule is CCCCCC(C)C=CN(CCC(C)CCC)CC(C)(C)CC. The van der Waals surface area contributed by atoms with Crippen molar-refractivity contribution in [1.82, 2.24) is 4.90 Å². The van der Waals surface area contributed by atoms with E-state index in [-0.39, 0.29) is 0 Å². The van der Waals surface area contributed by atoms with Crippen molar-refractivity contribution in [3.63, 3.8) is 0 Å². The summed E-state index contributed by atoms with van der Waals surface area (Å²) in [5, 5.41) is 0. The highest BCUT2D eigenvalue weighted by atomic mass is 15.1. The van der Waals surface area contributed by atoms with Gasteiger partial charge in [-0.25, -0.2) is 0 Å². The second-order valence-electron chi connectivity index (χ2n) is 8.49. The number of allylic oxidation sites excluding steroid dienone is 1. The molecule has 0 N–H and O–H groups in total. The van der Waals surface area contributed by atoms with Crippen LogP contribution in [0.15, 0.2) is 12.3 Å². The number of hydrogen-bond donors (Lipinski definition) is 0. The van der Waals surface area contributed by atoms with Crippen molar-refractivity contribution >= 4 is 0 Å². The number of nitrogens with zero attached hydrogens (tertiary/aromatic N) is 1. The van der Waals surface area contributed by atoms with Crippen molar-refractivity contribution in [2.75, 3.05) is 13.1 Å². The summed E-state index contributed by atoms with van der Waals surface area (Å²) < 4.78 is 0. The zero-order valence-electron chi connectivity index (χ0n) is 17.3. The van der Waals surface area contributed by atoms with Crippen LogP contribution in [0.5, 0.6) is 0 Å². The van der Waals surface area contributed by atoms with E-state index in [0.29, 0.717) is 11.3 Å². The molecule has 0 bridgehead atoms. The van der Waals surface area contributed by atoms with Crippen molar-refractivity contribution in [1.29, 1.82) is 0 Å². The third-order valence-electron chi connectivity index (χ3n) is 5.17. The molecule has 0 radical (unpaired) electrons. The lowest BCUT2D eigenvalue weighted by Crippen LogP contribution is -2.31. The molecule has 0 saturated heterocycles. The molecule has 0 aromatic carbocycles. The lowest BCUT2D eigenvalue weighted by molar-refractivity contribution is 0.213. The number of unbranched alkanes of at least 4 members (excludes halogenated alkanes) is 2. The van der Waals surface area contributed by atoms with E-state index < -0.39 is 0 Å². The summed E-state index contributed by atoms with van der Waals surface area (Å²) in [5.41, 5.74) is 0.407. The Morgan fingerprint density at radius 3 is 2.17 bits per heavy atom. The highest BCUT2D eigenvalue weighted by Crippen LogP contribution is 2.23. The smallest absolute Gasteiger partial charge is 0.0223 e. The quantitative estimate of drug-likeness (QED) is 0.303. The van der Waals surface area contributed by atoms with Gasteiger partial charge in [0, 0.05) is 13.1 Å². The first-order chi connectivity index (χ1) is 10.8. The lowest BCUT2D eigenvalue weighted by Gasteiger charge is -2.32. The number of rotatable bonds is 14. The van der Waals surface area contributed by atoms with Crippen molar-refractivity contribution < 1.29 is 0 Å². The third kappa shape index (κ3) is 12.6. The van der Waals surface area contributed by atoms with E-state index in [9.17, 15) is 0 Å². The van der Waals surface area contributed by atoms with Gasteiger partial charge in [0.15, 0.2) is 0 Å². The Kier molecular flexibility index (Phi) is 12.6. The first-order valence-corrected chi connectivity index (χ1v) is 10.3. The molecule has 0 aliphatic carbocycles. The van der Waals surface area contributed by atoms with Crippen LogP contribution in [0.1, 0.15) is 99.8 Å². The molecule has 0 amide bonds. The van der Waals surface area contributed by atoms with Crippen LogP contribution in [0.25, 0.3) is 0 Å². The van der Waals surface area contributed by atoms with Gasteiger partial charge in [-0.2, -0.15) is 0 Å². The van der Waals surface area contributed by atoms with E-state index >= 15 is 0 Å². The summed E-state index contributed by atoms with van der Waals surface area (Å²) in [7, 11) is 0. The molecule has 1 nitrogen and oxygen atoms in total. The van der Waals surface area contributed by atoms with Gasteiger partial charge >= 0.3 is 0 Å². The van der Waals surface area contributed by atoms with Crippen molar-refractivity contribution in [2.45, 2.75) is 99.8 Å². The van der Waals surface area contributed by atoms with Gasteiger partial charge in [-0.15, -0.1) is 0 Å². The fourth-order valence-electron chi connectivity index (χ4n) is 2.97. The van der Waals surface area contributed by atoms with Crippen molar-refractivity contribution in [3.8, 4) is 0 Å². The van der Waals surface area contributed by atoms with Crippen molar-refractivity contribution in [2.24, 2.45) is 17.3 Å². The van der Waals surface area contributed by atoms with Gasteiger partial charge in [-0.3, -0.25) is 0 Å². The normalized spacial score (nSPS) is 15.1. The summed E-state index contributed by atoms with van der Waals surface area (Å²) in [6, 6.07) is 0.